The lowest BCUT2D eigenvalue weighted by atomic mass is 9.71. The zero-order chi connectivity index (χ0) is 14.8. The highest BCUT2D eigenvalue weighted by atomic mass is 16.5. The van der Waals surface area contributed by atoms with Crippen molar-refractivity contribution in [3.63, 3.8) is 0 Å². The van der Waals surface area contributed by atoms with Gasteiger partial charge in [0.05, 0.1) is 5.60 Å². The third-order valence-electron chi connectivity index (χ3n) is 5.27. The molecule has 3 atom stereocenters. The fourth-order valence-electron chi connectivity index (χ4n) is 4.34. The van der Waals surface area contributed by atoms with Crippen LogP contribution in [0.5, 0.6) is 0 Å². The quantitative estimate of drug-likeness (QED) is 0.753. The van der Waals surface area contributed by atoms with Crippen molar-refractivity contribution in [2.24, 2.45) is 23.2 Å². The van der Waals surface area contributed by atoms with Crippen LogP contribution in [-0.2, 0) is 4.74 Å². The normalized spacial score (nSPS) is 33.3. The summed E-state index contributed by atoms with van der Waals surface area (Å²) in [6.45, 7) is 14.4. The van der Waals surface area contributed by atoms with E-state index in [1.54, 1.807) is 0 Å². The first-order valence-electron chi connectivity index (χ1n) is 8.65. The van der Waals surface area contributed by atoms with Crippen molar-refractivity contribution in [1.29, 1.82) is 0 Å². The average Bonchev–Trinajstić information content (AvgIpc) is 2.87. The van der Waals surface area contributed by atoms with Gasteiger partial charge in [-0.15, -0.1) is 0 Å². The lowest BCUT2D eigenvalue weighted by Gasteiger charge is -2.39. The molecule has 2 bridgehead atoms. The summed E-state index contributed by atoms with van der Waals surface area (Å²) >= 11 is 0. The Hall–Kier alpha value is -0.0800. The van der Waals surface area contributed by atoms with E-state index in [0.717, 1.165) is 30.9 Å². The third kappa shape index (κ3) is 4.21. The predicted molar refractivity (Wildman–Crippen MR) is 85.9 cm³/mol. The zero-order valence-electron chi connectivity index (χ0n) is 14.3. The van der Waals surface area contributed by atoms with E-state index in [4.69, 9.17) is 4.74 Å². The lowest BCUT2D eigenvalue weighted by Crippen LogP contribution is -2.41. The first-order valence-corrected chi connectivity index (χ1v) is 8.65. The molecule has 2 aliphatic rings. The van der Waals surface area contributed by atoms with Crippen LogP contribution in [0.15, 0.2) is 0 Å². The van der Waals surface area contributed by atoms with Gasteiger partial charge >= 0.3 is 0 Å². The largest absolute Gasteiger partial charge is 0.376 e. The van der Waals surface area contributed by atoms with Crippen molar-refractivity contribution in [3.8, 4) is 0 Å². The van der Waals surface area contributed by atoms with Crippen molar-refractivity contribution < 1.29 is 4.74 Å². The van der Waals surface area contributed by atoms with Gasteiger partial charge in [0.1, 0.15) is 0 Å². The minimum atomic E-state index is 0.00414. The molecule has 2 aliphatic carbocycles. The average molecular weight is 281 g/mol. The van der Waals surface area contributed by atoms with Crippen LogP contribution in [0.1, 0.15) is 66.7 Å². The van der Waals surface area contributed by atoms with Crippen LogP contribution in [0.25, 0.3) is 0 Å². The molecule has 0 radical (unpaired) electrons. The molecule has 3 unspecified atom stereocenters. The SMILES string of the molecule is CC(C)CNCC1(CCOC(C)(C)C)CC2CCC1C2. The van der Waals surface area contributed by atoms with Crippen LogP contribution in [0.3, 0.4) is 0 Å². The standard InChI is InChI=1S/C18H35NO/c1-14(2)12-19-13-18(8-9-20-17(3,4)5)11-15-6-7-16(18)10-15/h14-16,19H,6-13H2,1-5H3. The molecule has 0 aromatic rings. The van der Waals surface area contributed by atoms with E-state index in [1.165, 1.54) is 38.6 Å². The minimum absolute atomic E-state index is 0.00414. The Bertz CT molecular complexity index is 307. The second-order valence-electron chi connectivity index (χ2n) is 8.68. The molecule has 0 saturated heterocycles. The van der Waals surface area contributed by atoms with Crippen LogP contribution < -0.4 is 5.32 Å². The van der Waals surface area contributed by atoms with Crippen LogP contribution in [-0.4, -0.2) is 25.3 Å². The van der Waals surface area contributed by atoms with E-state index in [0.29, 0.717) is 5.41 Å². The monoisotopic (exact) mass is 281 g/mol. The molecule has 2 heteroatoms. The van der Waals surface area contributed by atoms with Gasteiger partial charge in [0.2, 0.25) is 0 Å². The third-order valence-corrected chi connectivity index (χ3v) is 5.27. The van der Waals surface area contributed by atoms with Gasteiger partial charge in [0, 0.05) is 13.2 Å². The van der Waals surface area contributed by atoms with Gasteiger partial charge in [-0.05, 0) is 76.2 Å². The van der Waals surface area contributed by atoms with Crippen molar-refractivity contribution in [2.75, 3.05) is 19.7 Å². The molecule has 0 heterocycles. The Morgan fingerprint density at radius 2 is 2.00 bits per heavy atom. The molecular weight excluding hydrogens is 246 g/mol. The van der Waals surface area contributed by atoms with Gasteiger partial charge in [-0.3, -0.25) is 0 Å². The van der Waals surface area contributed by atoms with Crippen molar-refractivity contribution in [2.45, 2.75) is 72.3 Å². The highest BCUT2D eigenvalue weighted by Crippen LogP contribution is 2.57. The molecule has 2 nitrogen and oxygen atoms in total. The summed E-state index contributed by atoms with van der Waals surface area (Å²) in [5.74, 6) is 2.71. The van der Waals surface area contributed by atoms with E-state index in [1.807, 2.05) is 0 Å². The topological polar surface area (TPSA) is 21.3 Å². The van der Waals surface area contributed by atoms with Crippen LogP contribution >= 0.6 is 0 Å². The maximum absolute atomic E-state index is 6.02. The molecule has 0 aromatic heterocycles. The number of hydrogen-bond donors (Lipinski definition) is 1. The van der Waals surface area contributed by atoms with Crippen molar-refractivity contribution in [3.05, 3.63) is 0 Å². The number of rotatable bonds is 7. The maximum Gasteiger partial charge on any atom is 0.0598 e. The van der Waals surface area contributed by atoms with Crippen LogP contribution in [0, 0.1) is 23.2 Å². The Morgan fingerprint density at radius 1 is 1.25 bits per heavy atom. The minimum Gasteiger partial charge on any atom is -0.376 e. The lowest BCUT2D eigenvalue weighted by molar-refractivity contribution is -0.0268. The molecule has 20 heavy (non-hydrogen) atoms. The maximum atomic E-state index is 6.02. The fraction of sp³-hybridized carbons (Fsp3) is 1.00. The molecule has 0 aliphatic heterocycles. The fourth-order valence-corrected chi connectivity index (χ4v) is 4.34. The number of nitrogens with one attached hydrogen (secondary N) is 1. The second-order valence-corrected chi connectivity index (χ2v) is 8.68. The number of fused-ring (bicyclic) bond motifs is 2. The van der Waals surface area contributed by atoms with Crippen molar-refractivity contribution >= 4 is 0 Å². The highest BCUT2D eigenvalue weighted by Gasteiger charge is 2.50. The molecule has 2 rings (SSSR count). The van der Waals surface area contributed by atoms with E-state index < -0.39 is 0 Å². The summed E-state index contributed by atoms with van der Waals surface area (Å²) in [6, 6.07) is 0. The Labute approximate surface area is 126 Å². The number of hydrogen-bond acceptors (Lipinski definition) is 2. The molecule has 0 amide bonds. The highest BCUT2D eigenvalue weighted by molar-refractivity contribution is 5.01. The van der Waals surface area contributed by atoms with Gasteiger partial charge in [-0.1, -0.05) is 20.3 Å². The molecule has 2 saturated carbocycles. The first kappa shape index (κ1) is 16.3. The van der Waals surface area contributed by atoms with E-state index in [9.17, 15) is 0 Å². The van der Waals surface area contributed by atoms with Gasteiger partial charge < -0.3 is 10.1 Å². The Morgan fingerprint density at radius 3 is 2.50 bits per heavy atom. The summed E-state index contributed by atoms with van der Waals surface area (Å²) in [6.07, 6.45) is 7.12. The molecular formula is C18H35NO. The second kappa shape index (κ2) is 6.36. The first-order chi connectivity index (χ1) is 9.31. The Balaban J connectivity index is 1.88. The van der Waals surface area contributed by atoms with Crippen LogP contribution in [0.2, 0.25) is 0 Å². The molecule has 2 fully saturated rings. The van der Waals surface area contributed by atoms with Gasteiger partial charge in [0.15, 0.2) is 0 Å². The van der Waals surface area contributed by atoms with Gasteiger partial charge in [0.25, 0.3) is 0 Å². The molecule has 0 aromatic carbocycles. The molecule has 118 valence electrons. The summed E-state index contributed by atoms with van der Waals surface area (Å²) in [5, 5.41) is 3.74. The predicted octanol–water partition coefficient (Wildman–Crippen LogP) is 4.24. The molecule has 1 N–H and O–H groups in total. The smallest absolute Gasteiger partial charge is 0.0598 e. The van der Waals surface area contributed by atoms with E-state index in [2.05, 4.69) is 39.9 Å². The van der Waals surface area contributed by atoms with Gasteiger partial charge in [-0.25, -0.2) is 0 Å². The van der Waals surface area contributed by atoms with Crippen molar-refractivity contribution in [1.82, 2.24) is 5.32 Å². The zero-order valence-corrected chi connectivity index (χ0v) is 14.3. The van der Waals surface area contributed by atoms with Crippen LogP contribution in [0.4, 0.5) is 0 Å². The molecule has 0 spiro atoms. The summed E-state index contributed by atoms with van der Waals surface area (Å²) in [4.78, 5) is 0. The summed E-state index contributed by atoms with van der Waals surface area (Å²) < 4.78 is 6.02. The number of ether oxygens (including phenoxy) is 1. The van der Waals surface area contributed by atoms with Gasteiger partial charge in [-0.2, -0.15) is 0 Å². The summed E-state index contributed by atoms with van der Waals surface area (Å²) in [5.41, 5.74) is 0.535. The van der Waals surface area contributed by atoms with E-state index >= 15 is 0 Å². The van der Waals surface area contributed by atoms with E-state index in [-0.39, 0.29) is 5.60 Å². The Kier molecular flexibility index (Phi) is 5.18. The summed E-state index contributed by atoms with van der Waals surface area (Å²) in [7, 11) is 0.